The van der Waals surface area contributed by atoms with Crippen LogP contribution in [-0.2, 0) is 0 Å². The van der Waals surface area contributed by atoms with E-state index in [4.69, 9.17) is 19.6 Å². The zero-order chi connectivity index (χ0) is 24.5. The van der Waals surface area contributed by atoms with Crippen LogP contribution < -0.4 is 14.4 Å². The van der Waals surface area contributed by atoms with Crippen molar-refractivity contribution < 1.29 is 9.47 Å². The van der Waals surface area contributed by atoms with Gasteiger partial charge in [-0.15, -0.1) is 5.10 Å². The molecule has 0 aliphatic carbocycles. The van der Waals surface area contributed by atoms with Gasteiger partial charge in [0.05, 0.1) is 14.2 Å². The van der Waals surface area contributed by atoms with E-state index in [0.29, 0.717) is 23.4 Å². The minimum atomic E-state index is 0.613. The summed E-state index contributed by atoms with van der Waals surface area (Å²) in [6, 6.07) is 17.4. The fourth-order valence-corrected chi connectivity index (χ4v) is 4.77. The number of pyridine rings is 1. The lowest BCUT2D eigenvalue weighted by Crippen LogP contribution is -2.48. The number of aromatic nitrogens is 3. The van der Waals surface area contributed by atoms with E-state index in [2.05, 4.69) is 67.1 Å². The second-order valence-corrected chi connectivity index (χ2v) is 9.35. The van der Waals surface area contributed by atoms with Crippen LogP contribution in [0.1, 0.15) is 19.4 Å². The highest BCUT2D eigenvalue weighted by atomic mass is 16.5. The Labute approximate surface area is 206 Å². The second-order valence-electron chi connectivity index (χ2n) is 9.35. The number of nitrogens with zero attached hydrogens (tertiary/aromatic N) is 5. The van der Waals surface area contributed by atoms with Crippen molar-refractivity contribution in [3.8, 4) is 34.0 Å². The molecular weight excluding hydrogens is 438 g/mol. The van der Waals surface area contributed by atoms with E-state index >= 15 is 0 Å². The summed E-state index contributed by atoms with van der Waals surface area (Å²) in [4.78, 5) is 9.80. The van der Waals surface area contributed by atoms with Crippen LogP contribution in [0.5, 0.6) is 11.5 Å². The van der Waals surface area contributed by atoms with E-state index in [1.807, 2.05) is 22.7 Å². The van der Waals surface area contributed by atoms with Crippen LogP contribution in [-0.4, -0.2) is 65.9 Å². The average molecular weight is 472 g/mol. The number of anilines is 1. The van der Waals surface area contributed by atoms with E-state index in [1.54, 1.807) is 14.2 Å². The first-order chi connectivity index (χ1) is 17.0. The van der Waals surface area contributed by atoms with Gasteiger partial charge in [0.25, 0.3) is 0 Å². The molecule has 1 aliphatic rings. The molecule has 4 aromatic rings. The molecule has 3 heterocycles. The van der Waals surface area contributed by atoms with Gasteiger partial charge in [-0.25, -0.2) is 9.50 Å². The van der Waals surface area contributed by atoms with E-state index in [9.17, 15) is 0 Å². The molecule has 0 N–H and O–H groups in total. The van der Waals surface area contributed by atoms with Crippen molar-refractivity contribution in [3.05, 3.63) is 60.3 Å². The van der Waals surface area contributed by atoms with Crippen molar-refractivity contribution in [1.29, 1.82) is 0 Å². The van der Waals surface area contributed by atoms with Crippen LogP contribution >= 0.6 is 0 Å². The number of aryl methyl sites for hydroxylation is 1. The zero-order valence-electron chi connectivity index (χ0n) is 21.2. The molecule has 0 amide bonds. The largest absolute Gasteiger partial charge is 0.493 e. The molecule has 0 atom stereocenters. The van der Waals surface area contributed by atoms with Crippen molar-refractivity contribution in [3.63, 3.8) is 0 Å². The fraction of sp³-hybridized carbons (Fsp3) is 0.357. The Morgan fingerprint density at radius 1 is 0.800 bits per heavy atom. The topological polar surface area (TPSA) is 55.1 Å². The lowest BCUT2D eigenvalue weighted by molar-refractivity contribution is 0.209. The number of ether oxygens (including phenoxy) is 2. The van der Waals surface area contributed by atoms with Crippen LogP contribution in [0.4, 0.5) is 5.69 Å². The molecule has 0 bridgehead atoms. The first-order valence-corrected chi connectivity index (χ1v) is 12.2. The molecule has 35 heavy (non-hydrogen) atoms. The third kappa shape index (κ3) is 4.56. The predicted octanol–water partition coefficient (Wildman–Crippen LogP) is 4.92. The third-order valence-electron chi connectivity index (χ3n) is 6.87. The molecule has 182 valence electrons. The van der Waals surface area contributed by atoms with Gasteiger partial charge in [0.15, 0.2) is 23.0 Å². The molecule has 7 heteroatoms. The minimum Gasteiger partial charge on any atom is -0.493 e. The zero-order valence-corrected chi connectivity index (χ0v) is 21.2. The highest BCUT2D eigenvalue weighted by molar-refractivity contribution is 5.70. The van der Waals surface area contributed by atoms with Crippen LogP contribution in [0.25, 0.3) is 28.2 Å². The predicted molar refractivity (Wildman–Crippen MR) is 141 cm³/mol. The maximum absolute atomic E-state index is 5.45. The third-order valence-corrected chi connectivity index (χ3v) is 6.87. The van der Waals surface area contributed by atoms with Gasteiger partial charge in [-0.1, -0.05) is 12.1 Å². The second kappa shape index (κ2) is 9.58. The van der Waals surface area contributed by atoms with Gasteiger partial charge in [-0.3, -0.25) is 4.90 Å². The molecule has 7 nitrogen and oxygen atoms in total. The molecule has 2 aromatic heterocycles. The van der Waals surface area contributed by atoms with Gasteiger partial charge in [-0.2, -0.15) is 0 Å². The van der Waals surface area contributed by atoms with Crippen LogP contribution in [0.3, 0.4) is 0 Å². The first kappa shape index (κ1) is 23.2. The quantitative estimate of drug-likeness (QED) is 0.398. The summed E-state index contributed by atoms with van der Waals surface area (Å²) in [6.45, 7) is 11.0. The molecule has 0 radical (unpaired) electrons. The maximum atomic E-state index is 5.45. The molecule has 1 fully saturated rings. The van der Waals surface area contributed by atoms with Gasteiger partial charge < -0.3 is 14.4 Å². The van der Waals surface area contributed by atoms with Crippen molar-refractivity contribution in [1.82, 2.24) is 19.5 Å². The number of benzene rings is 2. The normalized spacial score (nSPS) is 14.6. The van der Waals surface area contributed by atoms with Crippen molar-refractivity contribution in [2.24, 2.45) is 0 Å². The maximum Gasteiger partial charge on any atom is 0.182 e. The summed E-state index contributed by atoms with van der Waals surface area (Å²) in [5, 5.41) is 4.77. The van der Waals surface area contributed by atoms with E-state index in [0.717, 1.165) is 48.5 Å². The summed E-state index contributed by atoms with van der Waals surface area (Å²) in [5.41, 5.74) is 6.38. The number of hydrogen-bond donors (Lipinski definition) is 0. The van der Waals surface area contributed by atoms with E-state index in [1.165, 1.54) is 11.3 Å². The van der Waals surface area contributed by atoms with Crippen LogP contribution in [0.15, 0.2) is 54.7 Å². The minimum absolute atomic E-state index is 0.613. The standard InChI is InChI=1S/C28H33N5O2/c1-19(2)31-12-14-32(15-13-31)24-9-6-21(7-10-24)23-16-20(3)28-29-27(30-33(28)18-23)22-8-11-25(34-4)26(17-22)35-5/h6-11,16-19H,12-15H2,1-5H3. The molecule has 0 spiro atoms. The molecule has 0 unspecified atom stereocenters. The summed E-state index contributed by atoms with van der Waals surface area (Å²) >= 11 is 0. The van der Waals surface area contributed by atoms with Gasteiger partial charge >= 0.3 is 0 Å². The molecule has 1 aliphatic heterocycles. The molecule has 2 aromatic carbocycles. The van der Waals surface area contributed by atoms with Gasteiger partial charge in [-0.05, 0) is 68.3 Å². The summed E-state index contributed by atoms with van der Waals surface area (Å²) in [7, 11) is 3.26. The van der Waals surface area contributed by atoms with Crippen LogP contribution in [0, 0.1) is 6.92 Å². The Bertz CT molecular complexity index is 1320. The van der Waals surface area contributed by atoms with Gasteiger partial charge in [0, 0.05) is 55.2 Å². The first-order valence-electron chi connectivity index (χ1n) is 12.2. The van der Waals surface area contributed by atoms with Gasteiger partial charge in [0.1, 0.15) is 0 Å². The van der Waals surface area contributed by atoms with Crippen molar-refractivity contribution >= 4 is 11.3 Å². The number of methoxy groups -OCH3 is 2. The Hall–Kier alpha value is -3.58. The van der Waals surface area contributed by atoms with E-state index in [-0.39, 0.29) is 0 Å². The van der Waals surface area contributed by atoms with Crippen molar-refractivity contribution in [2.45, 2.75) is 26.8 Å². The number of piperazine rings is 1. The number of hydrogen-bond acceptors (Lipinski definition) is 6. The lowest BCUT2D eigenvalue weighted by atomic mass is 10.1. The highest BCUT2D eigenvalue weighted by Gasteiger charge is 2.19. The number of rotatable bonds is 6. The summed E-state index contributed by atoms with van der Waals surface area (Å²) < 4.78 is 12.7. The SMILES string of the molecule is COc1ccc(-c2nc3c(C)cc(-c4ccc(N5CCN(C(C)C)CC5)cc4)cn3n2)cc1OC. The smallest absolute Gasteiger partial charge is 0.182 e. The number of fused-ring (bicyclic) bond motifs is 1. The Balaban J connectivity index is 1.40. The van der Waals surface area contributed by atoms with Crippen molar-refractivity contribution in [2.75, 3.05) is 45.3 Å². The van der Waals surface area contributed by atoms with E-state index < -0.39 is 0 Å². The molecule has 0 saturated carbocycles. The monoisotopic (exact) mass is 471 g/mol. The molecule has 5 rings (SSSR count). The summed E-state index contributed by atoms with van der Waals surface area (Å²) in [6.07, 6.45) is 2.05. The van der Waals surface area contributed by atoms with Gasteiger partial charge in [0.2, 0.25) is 0 Å². The Morgan fingerprint density at radius 2 is 1.49 bits per heavy atom. The molecule has 1 saturated heterocycles. The Kier molecular flexibility index (Phi) is 6.34. The molecular formula is C28H33N5O2. The lowest BCUT2D eigenvalue weighted by Gasteiger charge is -2.38. The van der Waals surface area contributed by atoms with Crippen LogP contribution in [0.2, 0.25) is 0 Å². The average Bonchev–Trinajstić information content (AvgIpc) is 3.33. The summed E-state index contributed by atoms with van der Waals surface area (Å²) in [5.74, 6) is 2.00. The highest BCUT2D eigenvalue weighted by Crippen LogP contribution is 2.32. The fourth-order valence-electron chi connectivity index (χ4n) is 4.77. The Morgan fingerprint density at radius 3 is 2.14 bits per heavy atom.